The van der Waals surface area contributed by atoms with Gasteiger partial charge < -0.3 is 4.43 Å². The molecule has 2 rings (SSSR count). The van der Waals surface area contributed by atoms with Gasteiger partial charge in [-0.3, -0.25) is 0 Å². The molecule has 0 aliphatic carbocycles. The van der Waals surface area contributed by atoms with Crippen LogP contribution >= 0.6 is 0 Å². The quantitative estimate of drug-likeness (QED) is 0.560. The molecule has 2 atom stereocenters. The van der Waals surface area contributed by atoms with E-state index in [9.17, 15) is 0 Å². The maximum absolute atomic E-state index is 5.95. The van der Waals surface area contributed by atoms with Gasteiger partial charge >= 0.3 is 0 Å². The molecule has 0 spiro atoms. The smallest absolute Gasteiger partial charge is 0.187 e. The Kier molecular flexibility index (Phi) is 3.75. The van der Waals surface area contributed by atoms with Crippen molar-refractivity contribution in [2.24, 2.45) is 0 Å². The van der Waals surface area contributed by atoms with E-state index in [2.05, 4.69) is 43.0 Å². The van der Waals surface area contributed by atoms with Crippen LogP contribution < -0.4 is 0 Å². The Morgan fingerprint density at radius 1 is 1.27 bits per heavy atom. The summed E-state index contributed by atoms with van der Waals surface area (Å²) in [7, 11) is -1.09. The predicted octanol–water partition coefficient (Wildman–Crippen LogP) is 3.03. The Morgan fingerprint density at radius 2 is 2.07 bits per heavy atom. The fourth-order valence-corrected chi connectivity index (χ4v) is 5.08. The number of hydrogen-bond donors (Lipinski definition) is 0. The highest BCUT2D eigenvalue weighted by Crippen LogP contribution is 2.26. The van der Waals surface area contributed by atoms with Crippen molar-refractivity contribution < 1.29 is 4.43 Å². The van der Waals surface area contributed by atoms with Gasteiger partial charge in [0.25, 0.3) is 0 Å². The van der Waals surface area contributed by atoms with Crippen molar-refractivity contribution in [3.63, 3.8) is 0 Å². The average Bonchev–Trinajstić information content (AvgIpc) is 2.33. The highest BCUT2D eigenvalue weighted by molar-refractivity contribution is 6.54. The SMILES string of the molecule is C=CC(c1ccccc1)[SiH]1CCCCO1. The van der Waals surface area contributed by atoms with Crippen molar-refractivity contribution in [2.75, 3.05) is 6.61 Å². The molecule has 1 aromatic carbocycles. The first-order chi connectivity index (χ1) is 7.42. The molecule has 0 N–H and O–H groups in total. The lowest BCUT2D eigenvalue weighted by atomic mass is 10.1. The zero-order valence-corrected chi connectivity index (χ0v) is 10.2. The standard InChI is InChI=1S/C13H18OSi/c1-2-13(12-8-4-3-5-9-12)15-11-7-6-10-14-15/h2-5,8-9,13,15H,1,6-7,10-11H2. The zero-order valence-electron chi connectivity index (χ0n) is 9.06. The van der Waals surface area contributed by atoms with Crippen LogP contribution in [0.25, 0.3) is 0 Å². The first-order valence-electron chi connectivity index (χ1n) is 5.71. The molecule has 0 saturated carbocycles. The third-order valence-corrected chi connectivity index (χ3v) is 6.15. The van der Waals surface area contributed by atoms with Crippen LogP contribution in [0.15, 0.2) is 43.0 Å². The normalized spacial score (nSPS) is 23.3. The molecule has 1 aromatic rings. The number of hydrogen-bond acceptors (Lipinski definition) is 1. The number of benzene rings is 1. The maximum Gasteiger partial charge on any atom is 0.187 e. The van der Waals surface area contributed by atoms with E-state index in [0.717, 1.165) is 6.61 Å². The minimum Gasteiger partial charge on any atom is -0.419 e. The summed E-state index contributed by atoms with van der Waals surface area (Å²) in [6.07, 6.45) is 4.66. The van der Waals surface area contributed by atoms with E-state index in [0.29, 0.717) is 5.54 Å². The lowest BCUT2D eigenvalue weighted by Crippen LogP contribution is -2.30. The first kappa shape index (κ1) is 10.6. The van der Waals surface area contributed by atoms with Crippen molar-refractivity contribution in [3.05, 3.63) is 48.6 Å². The molecule has 2 unspecified atom stereocenters. The van der Waals surface area contributed by atoms with E-state index >= 15 is 0 Å². The van der Waals surface area contributed by atoms with Gasteiger partial charge in [-0.15, -0.1) is 6.58 Å². The molecule has 1 fully saturated rings. The molecule has 0 amide bonds. The molecular formula is C13H18OSi. The van der Waals surface area contributed by atoms with Crippen molar-refractivity contribution in [1.29, 1.82) is 0 Å². The molecule has 1 heterocycles. The van der Waals surface area contributed by atoms with Gasteiger partial charge in [0.2, 0.25) is 0 Å². The number of allylic oxidation sites excluding steroid dienone is 1. The van der Waals surface area contributed by atoms with Gasteiger partial charge in [0.15, 0.2) is 9.04 Å². The highest BCUT2D eigenvalue weighted by atomic mass is 28.3. The van der Waals surface area contributed by atoms with Gasteiger partial charge in [0.1, 0.15) is 0 Å². The van der Waals surface area contributed by atoms with Gasteiger partial charge in [-0.2, -0.15) is 0 Å². The third kappa shape index (κ3) is 2.58. The van der Waals surface area contributed by atoms with E-state index in [1.807, 2.05) is 0 Å². The van der Waals surface area contributed by atoms with Crippen molar-refractivity contribution >= 4 is 9.04 Å². The van der Waals surface area contributed by atoms with E-state index in [-0.39, 0.29) is 0 Å². The average molecular weight is 218 g/mol. The summed E-state index contributed by atoms with van der Waals surface area (Å²) in [6.45, 7) is 4.93. The Morgan fingerprint density at radius 3 is 2.67 bits per heavy atom. The van der Waals surface area contributed by atoms with Crippen molar-refractivity contribution in [3.8, 4) is 0 Å². The molecule has 0 aromatic heterocycles. The van der Waals surface area contributed by atoms with Crippen LogP contribution in [-0.2, 0) is 4.43 Å². The lowest BCUT2D eigenvalue weighted by Gasteiger charge is -2.27. The van der Waals surface area contributed by atoms with Crippen LogP contribution in [0.3, 0.4) is 0 Å². The second kappa shape index (κ2) is 5.28. The fraction of sp³-hybridized carbons (Fsp3) is 0.385. The van der Waals surface area contributed by atoms with Gasteiger partial charge in [-0.25, -0.2) is 0 Å². The lowest BCUT2D eigenvalue weighted by molar-refractivity contribution is 0.283. The summed E-state index contributed by atoms with van der Waals surface area (Å²) in [6, 6.07) is 11.9. The summed E-state index contributed by atoms with van der Waals surface area (Å²) in [5.74, 6) is 0. The van der Waals surface area contributed by atoms with Crippen LogP contribution in [0.1, 0.15) is 23.9 Å². The Bertz CT molecular complexity index is 304. The monoisotopic (exact) mass is 218 g/mol. The highest BCUT2D eigenvalue weighted by Gasteiger charge is 2.25. The zero-order chi connectivity index (χ0) is 10.5. The van der Waals surface area contributed by atoms with Gasteiger partial charge in [-0.1, -0.05) is 42.8 Å². The molecule has 1 saturated heterocycles. The van der Waals surface area contributed by atoms with E-state index in [1.165, 1.54) is 24.4 Å². The molecular weight excluding hydrogens is 200 g/mol. The molecule has 0 radical (unpaired) electrons. The van der Waals surface area contributed by atoms with Crippen molar-refractivity contribution in [2.45, 2.75) is 24.4 Å². The molecule has 80 valence electrons. The van der Waals surface area contributed by atoms with Gasteiger partial charge in [0.05, 0.1) is 0 Å². The third-order valence-electron chi connectivity index (χ3n) is 3.05. The molecule has 2 heteroatoms. The van der Waals surface area contributed by atoms with Crippen molar-refractivity contribution in [1.82, 2.24) is 0 Å². The number of rotatable bonds is 3. The van der Waals surface area contributed by atoms with E-state index in [4.69, 9.17) is 4.43 Å². The first-order valence-corrected chi connectivity index (χ1v) is 7.66. The van der Waals surface area contributed by atoms with Crippen LogP contribution in [0, 0.1) is 0 Å². The van der Waals surface area contributed by atoms with Crippen LogP contribution in [-0.4, -0.2) is 15.6 Å². The van der Waals surface area contributed by atoms with E-state index < -0.39 is 9.04 Å². The second-order valence-electron chi connectivity index (χ2n) is 4.08. The van der Waals surface area contributed by atoms with Crippen LogP contribution in [0.5, 0.6) is 0 Å². The Labute approximate surface area is 93.5 Å². The second-order valence-corrected chi connectivity index (χ2v) is 6.78. The topological polar surface area (TPSA) is 9.23 Å². The molecule has 1 aliphatic heterocycles. The summed E-state index contributed by atoms with van der Waals surface area (Å²) >= 11 is 0. The Hall–Kier alpha value is -0.863. The minimum absolute atomic E-state index is 0.492. The molecule has 1 aliphatic rings. The summed E-state index contributed by atoms with van der Waals surface area (Å²) in [5, 5.41) is 0. The maximum atomic E-state index is 5.95. The van der Waals surface area contributed by atoms with E-state index in [1.54, 1.807) is 0 Å². The molecule has 1 nitrogen and oxygen atoms in total. The van der Waals surface area contributed by atoms with Crippen LogP contribution in [0.2, 0.25) is 6.04 Å². The molecule has 0 bridgehead atoms. The predicted molar refractivity (Wildman–Crippen MR) is 66.5 cm³/mol. The summed E-state index contributed by atoms with van der Waals surface area (Å²) in [4.78, 5) is 0. The summed E-state index contributed by atoms with van der Waals surface area (Å²) < 4.78 is 5.95. The van der Waals surface area contributed by atoms with Gasteiger partial charge in [-0.05, 0) is 18.0 Å². The van der Waals surface area contributed by atoms with Crippen LogP contribution in [0.4, 0.5) is 0 Å². The summed E-state index contributed by atoms with van der Waals surface area (Å²) in [5.41, 5.74) is 1.87. The Balaban J connectivity index is 2.12. The largest absolute Gasteiger partial charge is 0.419 e. The van der Waals surface area contributed by atoms with Gasteiger partial charge in [0, 0.05) is 12.1 Å². The molecule has 15 heavy (non-hydrogen) atoms. The minimum atomic E-state index is -1.09. The fourth-order valence-electron chi connectivity index (χ4n) is 2.23.